The van der Waals surface area contributed by atoms with E-state index in [1.807, 2.05) is 20.8 Å². The van der Waals surface area contributed by atoms with E-state index in [4.69, 9.17) is 9.47 Å². The molecule has 4 heteroatoms. The Hall–Kier alpha value is 0.160. The summed E-state index contributed by atoms with van der Waals surface area (Å²) in [7, 11) is 0. The van der Waals surface area contributed by atoms with Gasteiger partial charge in [0.25, 0.3) is 0 Å². The summed E-state index contributed by atoms with van der Waals surface area (Å²) < 4.78 is 11.8. The zero-order valence-electron chi connectivity index (χ0n) is 14.0. The molecular weight excluding hydrogens is 367 g/mol. The minimum Gasteiger partial charge on any atom is -0.465 e. The molecule has 0 fully saturated rings. The van der Waals surface area contributed by atoms with Crippen molar-refractivity contribution in [2.75, 3.05) is 6.61 Å². The fourth-order valence-corrected chi connectivity index (χ4v) is 3.30. The van der Waals surface area contributed by atoms with Crippen LogP contribution in [0.4, 0.5) is 0 Å². The third kappa shape index (κ3) is 9.97. The SMILES string of the molecule is CC(I)CC(C)C(=O)OCC(C)CC(C)(C)OC(C)C. The van der Waals surface area contributed by atoms with Crippen molar-refractivity contribution < 1.29 is 14.3 Å². The van der Waals surface area contributed by atoms with Gasteiger partial charge in [0, 0.05) is 3.92 Å². The van der Waals surface area contributed by atoms with Crippen LogP contribution >= 0.6 is 22.6 Å². The van der Waals surface area contributed by atoms with E-state index in [1.165, 1.54) is 0 Å². The molecule has 0 saturated heterocycles. The largest absolute Gasteiger partial charge is 0.465 e. The molecule has 0 amide bonds. The molecule has 0 saturated carbocycles. The lowest BCUT2D eigenvalue weighted by Crippen LogP contribution is -2.32. The molecule has 3 atom stereocenters. The van der Waals surface area contributed by atoms with E-state index >= 15 is 0 Å². The molecule has 0 N–H and O–H groups in total. The molecule has 0 aromatic carbocycles. The Morgan fingerprint density at radius 3 is 2.15 bits per heavy atom. The highest BCUT2D eigenvalue weighted by Gasteiger charge is 2.24. The predicted octanol–water partition coefficient (Wildman–Crippen LogP) is 4.61. The van der Waals surface area contributed by atoms with Crippen molar-refractivity contribution in [3.63, 3.8) is 0 Å². The fourth-order valence-electron chi connectivity index (χ4n) is 2.53. The first-order valence-electron chi connectivity index (χ1n) is 7.52. The lowest BCUT2D eigenvalue weighted by atomic mass is 9.95. The van der Waals surface area contributed by atoms with Gasteiger partial charge in [-0.05, 0) is 46.5 Å². The Labute approximate surface area is 138 Å². The second-order valence-corrected chi connectivity index (χ2v) is 8.91. The molecule has 3 nitrogen and oxygen atoms in total. The normalized spacial score (nSPS) is 16.9. The van der Waals surface area contributed by atoms with Crippen LogP contribution in [0, 0.1) is 11.8 Å². The second kappa shape index (κ2) is 9.23. The van der Waals surface area contributed by atoms with E-state index in [1.54, 1.807) is 0 Å². The molecule has 0 aliphatic heterocycles. The van der Waals surface area contributed by atoms with Gasteiger partial charge in [0.05, 0.1) is 24.2 Å². The highest BCUT2D eigenvalue weighted by Crippen LogP contribution is 2.23. The maximum atomic E-state index is 11.9. The van der Waals surface area contributed by atoms with Gasteiger partial charge in [-0.3, -0.25) is 4.79 Å². The van der Waals surface area contributed by atoms with E-state index in [0.29, 0.717) is 16.4 Å². The van der Waals surface area contributed by atoms with Crippen LogP contribution in [0.2, 0.25) is 0 Å². The number of hydrogen-bond acceptors (Lipinski definition) is 3. The van der Waals surface area contributed by atoms with Crippen LogP contribution in [-0.2, 0) is 14.3 Å². The summed E-state index contributed by atoms with van der Waals surface area (Å²) in [4.78, 5) is 11.9. The summed E-state index contributed by atoms with van der Waals surface area (Å²) in [6.07, 6.45) is 1.97. The number of rotatable bonds is 9. The minimum absolute atomic E-state index is 0.0194. The van der Waals surface area contributed by atoms with Gasteiger partial charge in [-0.15, -0.1) is 0 Å². The van der Waals surface area contributed by atoms with Crippen molar-refractivity contribution in [1.82, 2.24) is 0 Å². The second-order valence-electron chi connectivity index (χ2n) is 6.78. The molecule has 0 bridgehead atoms. The zero-order valence-corrected chi connectivity index (χ0v) is 16.2. The Balaban J connectivity index is 4.10. The average Bonchev–Trinajstić information content (AvgIpc) is 2.21. The van der Waals surface area contributed by atoms with E-state index in [9.17, 15) is 4.79 Å². The van der Waals surface area contributed by atoms with Crippen molar-refractivity contribution in [2.45, 2.75) is 76.9 Å². The first-order chi connectivity index (χ1) is 9.03. The minimum atomic E-state index is -0.178. The molecule has 0 aliphatic carbocycles. The topological polar surface area (TPSA) is 35.5 Å². The fraction of sp³-hybridized carbons (Fsp3) is 0.938. The third-order valence-corrected chi connectivity index (χ3v) is 3.49. The first kappa shape index (κ1) is 20.2. The lowest BCUT2D eigenvalue weighted by Gasteiger charge is -2.30. The lowest BCUT2D eigenvalue weighted by molar-refractivity contribution is -0.150. The van der Waals surface area contributed by atoms with Gasteiger partial charge >= 0.3 is 5.97 Å². The maximum Gasteiger partial charge on any atom is 0.308 e. The van der Waals surface area contributed by atoms with Gasteiger partial charge in [-0.2, -0.15) is 0 Å². The van der Waals surface area contributed by atoms with Crippen molar-refractivity contribution in [3.8, 4) is 0 Å². The van der Waals surface area contributed by atoms with Gasteiger partial charge in [0.2, 0.25) is 0 Å². The smallest absolute Gasteiger partial charge is 0.308 e. The van der Waals surface area contributed by atoms with Crippen molar-refractivity contribution in [2.24, 2.45) is 11.8 Å². The van der Waals surface area contributed by atoms with Crippen molar-refractivity contribution in [1.29, 1.82) is 0 Å². The Kier molecular flexibility index (Phi) is 9.31. The number of hydrogen-bond donors (Lipinski definition) is 0. The molecule has 0 aromatic heterocycles. The van der Waals surface area contributed by atoms with Crippen molar-refractivity contribution in [3.05, 3.63) is 0 Å². The number of esters is 1. The molecule has 120 valence electrons. The van der Waals surface area contributed by atoms with Crippen LogP contribution < -0.4 is 0 Å². The molecule has 3 unspecified atom stereocenters. The van der Waals surface area contributed by atoms with E-state index in [-0.39, 0.29) is 23.6 Å². The number of halogens is 1. The summed E-state index contributed by atoms with van der Waals surface area (Å²) in [5.41, 5.74) is -0.178. The van der Waals surface area contributed by atoms with Gasteiger partial charge in [-0.25, -0.2) is 0 Å². The molecule has 20 heavy (non-hydrogen) atoms. The number of alkyl halides is 1. The maximum absolute atomic E-state index is 11.9. The van der Waals surface area contributed by atoms with Crippen LogP contribution in [0.15, 0.2) is 0 Å². The highest BCUT2D eigenvalue weighted by atomic mass is 127. The number of carbonyl (C=O) groups excluding carboxylic acids is 1. The molecule has 0 spiro atoms. The van der Waals surface area contributed by atoms with E-state index < -0.39 is 0 Å². The van der Waals surface area contributed by atoms with Crippen LogP contribution in [0.25, 0.3) is 0 Å². The molecular formula is C16H31IO3. The molecule has 0 rings (SSSR count). The monoisotopic (exact) mass is 398 g/mol. The summed E-state index contributed by atoms with van der Waals surface area (Å²) in [6, 6.07) is 0. The predicted molar refractivity (Wildman–Crippen MR) is 92.3 cm³/mol. The Morgan fingerprint density at radius 1 is 1.15 bits per heavy atom. The molecule has 0 aliphatic rings. The quantitative estimate of drug-likeness (QED) is 0.323. The Morgan fingerprint density at radius 2 is 1.70 bits per heavy atom. The Bertz CT molecular complexity index is 287. The standard InChI is InChI=1S/C16H31IO3/c1-11(2)20-16(6,7)9-12(3)10-19-15(18)13(4)8-14(5)17/h11-14H,8-10H2,1-7H3. The van der Waals surface area contributed by atoms with Gasteiger partial charge in [0.15, 0.2) is 0 Å². The summed E-state index contributed by atoms with van der Waals surface area (Å²) in [5, 5.41) is 0. The van der Waals surface area contributed by atoms with E-state index in [0.717, 1.165) is 12.8 Å². The van der Waals surface area contributed by atoms with Gasteiger partial charge in [-0.1, -0.05) is 43.4 Å². The zero-order chi connectivity index (χ0) is 15.9. The number of carbonyl (C=O) groups is 1. The van der Waals surface area contributed by atoms with E-state index in [2.05, 4.69) is 50.3 Å². The van der Waals surface area contributed by atoms with Crippen LogP contribution in [0.1, 0.15) is 61.3 Å². The summed E-state index contributed by atoms with van der Waals surface area (Å²) in [5.74, 6) is 0.203. The first-order valence-corrected chi connectivity index (χ1v) is 8.76. The van der Waals surface area contributed by atoms with Gasteiger partial charge in [0.1, 0.15) is 0 Å². The van der Waals surface area contributed by atoms with Crippen LogP contribution in [0.5, 0.6) is 0 Å². The molecule has 0 aromatic rings. The summed E-state index contributed by atoms with van der Waals surface area (Å²) >= 11 is 2.34. The van der Waals surface area contributed by atoms with Crippen LogP contribution in [0.3, 0.4) is 0 Å². The molecule has 0 radical (unpaired) electrons. The van der Waals surface area contributed by atoms with Crippen molar-refractivity contribution >= 4 is 28.6 Å². The average molecular weight is 398 g/mol. The summed E-state index contributed by atoms with van der Waals surface area (Å²) in [6.45, 7) is 14.9. The molecule has 0 heterocycles. The number of ether oxygens (including phenoxy) is 2. The highest BCUT2D eigenvalue weighted by molar-refractivity contribution is 14.1. The third-order valence-electron chi connectivity index (χ3n) is 2.99. The van der Waals surface area contributed by atoms with Gasteiger partial charge < -0.3 is 9.47 Å². The van der Waals surface area contributed by atoms with Crippen LogP contribution in [-0.4, -0.2) is 28.2 Å².